The normalized spacial score (nSPS) is 12.4. The van der Waals surface area contributed by atoms with Crippen LogP contribution in [-0.2, 0) is 11.3 Å². The Morgan fingerprint density at radius 1 is 1.65 bits per heavy atom. The molecule has 5 nitrogen and oxygen atoms in total. The highest BCUT2D eigenvalue weighted by Gasteiger charge is 2.19. The van der Waals surface area contributed by atoms with Gasteiger partial charge in [0.2, 0.25) is 5.91 Å². The van der Waals surface area contributed by atoms with Crippen LogP contribution in [0.1, 0.15) is 18.5 Å². The van der Waals surface area contributed by atoms with Crippen molar-refractivity contribution in [3.63, 3.8) is 0 Å². The van der Waals surface area contributed by atoms with Gasteiger partial charge in [-0.1, -0.05) is 0 Å². The molecule has 1 atom stereocenters. The van der Waals surface area contributed by atoms with Gasteiger partial charge < -0.3 is 4.90 Å². The molecule has 2 aromatic rings. The van der Waals surface area contributed by atoms with Gasteiger partial charge in [0.1, 0.15) is 18.7 Å². The minimum Gasteiger partial charge on any atom is -0.340 e. The smallest absolute Gasteiger partial charge is 0.247 e. The molecule has 0 spiro atoms. The third-order valence-electron chi connectivity index (χ3n) is 2.57. The Hall–Kier alpha value is -1.69. The molecule has 0 radical (unpaired) electrons. The van der Waals surface area contributed by atoms with Crippen LogP contribution in [0.15, 0.2) is 29.5 Å². The Labute approximate surface area is 104 Å². The zero-order chi connectivity index (χ0) is 12.3. The molecule has 0 saturated carbocycles. The van der Waals surface area contributed by atoms with Crippen LogP contribution in [0.25, 0.3) is 0 Å². The molecule has 0 N–H and O–H groups in total. The monoisotopic (exact) mass is 250 g/mol. The van der Waals surface area contributed by atoms with Crippen LogP contribution >= 0.6 is 11.3 Å². The second-order valence-electron chi connectivity index (χ2n) is 3.88. The van der Waals surface area contributed by atoms with E-state index in [1.807, 2.05) is 23.8 Å². The maximum Gasteiger partial charge on any atom is 0.247 e. The van der Waals surface area contributed by atoms with Crippen LogP contribution in [0.4, 0.5) is 0 Å². The summed E-state index contributed by atoms with van der Waals surface area (Å²) in [5, 5.41) is 8.03. The summed E-state index contributed by atoms with van der Waals surface area (Å²) in [6, 6.07) is 1.70. The van der Waals surface area contributed by atoms with Gasteiger partial charge in [0.05, 0.1) is 0 Å². The highest BCUT2D eigenvalue weighted by Crippen LogP contribution is 2.12. The van der Waals surface area contributed by atoms with Crippen molar-refractivity contribution in [1.82, 2.24) is 19.7 Å². The molecule has 2 heterocycles. The van der Waals surface area contributed by atoms with E-state index in [2.05, 4.69) is 10.1 Å². The van der Waals surface area contributed by atoms with Crippen molar-refractivity contribution in [3.8, 4) is 0 Å². The first-order valence-corrected chi connectivity index (χ1v) is 6.23. The van der Waals surface area contributed by atoms with Crippen molar-refractivity contribution >= 4 is 17.2 Å². The fourth-order valence-electron chi connectivity index (χ4n) is 1.58. The van der Waals surface area contributed by atoms with Crippen LogP contribution in [0.2, 0.25) is 0 Å². The van der Waals surface area contributed by atoms with Crippen LogP contribution in [0, 0.1) is 0 Å². The molecular formula is C11H14N4OS. The van der Waals surface area contributed by atoms with Gasteiger partial charge in [-0.05, 0) is 29.3 Å². The number of carbonyl (C=O) groups is 1. The average Bonchev–Trinajstić information content (AvgIpc) is 2.99. The number of hydrogen-bond acceptors (Lipinski definition) is 4. The molecule has 0 aliphatic heterocycles. The SMILES string of the molecule is CC(C(=O)N(C)Cc1ccsc1)n1cncn1. The van der Waals surface area contributed by atoms with Crippen LogP contribution in [0.5, 0.6) is 0 Å². The minimum atomic E-state index is -0.318. The molecule has 0 fully saturated rings. The fourth-order valence-corrected chi connectivity index (χ4v) is 2.24. The standard InChI is InChI=1S/C11H14N4OS/c1-9(15-8-12-7-13-15)11(16)14(2)5-10-3-4-17-6-10/h3-4,6-9H,5H2,1-2H3. The number of likely N-dealkylation sites (N-methyl/N-ethyl adjacent to an activating group) is 1. The Bertz CT molecular complexity index is 466. The van der Waals surface area contributed by atoms with Crippen molar-refractivity contribution in [2.24, 2.45) is 0 Å². The first-order valence-electron chi connectivity index (χ1n) is 5.28. The maximum absolute atomic E-state index is 12.1. The Balaban J connectivity index is 2.00. The molecule has 90 valence electrons. The number of hydrogen-bond donors (Lipinski definition) is 0. The summed E-state index contributed by atoms with van der Waals surface area (Å²) in [7, 11) is 1.80. The summed E-state index contributed by atoms with van der Waals surface area (Å²) in [6.45, 7) is 2.45. The lowest BCUT2D eigenvalue weighted by Gasteiger charge is -2.20. The number of amides is 1. The average molecular weight is 250 g/mol. The lowest BCUT2D eigenvalue weighted by Crippen LogP contribution is -2.32. The topological polar surface area (TPSA) is 51.0 Å². The van der Waals surface area contributed by atoms with E-state index < -0.39 is 0 Å². The minimum absolute atomic E-state index is 0.0294. The van der Waals surface area contributed by atoms with E-state index >= 15 is 0 Å². The summed E-state index contributed by atoms with van der Waals surface area (Å²) >= 11 is 1.63. The third kappa shape index (κ3) is 2.71. The van der Waals surface area contributed by atoms with Crippen molar-refractivity contribution < 1.29 is 4.79 Å². The fraction of sp³-hybridized carbons (Fsp3) is 0.364. The molecule has 0 bridgehead atoms. The lowest BCUT2D eigenvalue weighted by molar-refractivity contribution is -0.133. The number of carbonyl (C=O) groups excluding carboxylic acids is 1. The highest BCUT2D eigenvalue weighted by atomic mass is 32.1. The van der Waals surface area contributed by atoms with E-state index in [0.29, 0.717) is 6.54 Å². The van der Waals surface area contributed by atoms with Crippen LogP contribution < -0.4 is 0 Å². The van der Waals surface area contributed by atoms with Gasteiger partial charge >= 0.3 is 0 Å². The first kappa shape index (κ1) is 11.8. The van der Waals surface area contributed by atoms with E-state index in [9.17, 15) is 4.79 Å². The number of aromatic nitrogens is 3. The summed E-state index contributed by atoms with van der Waals surface area (Å²) < 4.78 is 1.56. The Morgan fingerprint density at radius 2 is 2.47 bits per heavy atom. The molecule has 2 aromatic heterocycles. The summed E-state index contributed by atoms with van der Waals surface area (Å²) in [6.07, 6.45) is 2.99. The van der Waals surface area contributed by atoms with Gasteiger partial charge in [0.25, 0.3) is 0 Å². The molecule has 1 amide bonds. The zero-order valence-corrected chi connectivity index (χ0v) is 10.6. The second-order valence-corrected chi connectivity index (χ2v) is 4.66. The van der Waals surface area contributed by atoms with Gasteiger partial charge in [-0.3, -0.25) is 4.79 Å². The number of rotatable bonds is 4. The van der Waals surface area contributed by atoms with Gasteiger partial charge in [0.15, 0.2) is 0 Å². The van der Waals surface area contributed by atoms with E-state index in [0.717, 1.165) is 5.56 Å². The molecule has 1 unspecified atom stereocenters. The van der Waals surface area contributed by atoms with Gasteiger partial charge in [-0.15, -0.1) is 0 Å². The molecule has 0 aliphatic rings. The predicted octanol–water partition coefficient (Wildman–Crippen LogP) is 1.56. The Morgan fingerprint density at radius 3 is 3.06 bits per heavy atom. The molecular weight excluding hydrogens is 236 g/mol. The zero-order valence-electron chi connectivity index (χ0n) is 9.78. The van der Waals surface area contributed by atoms with Crippen molar-refractivity contribution in [2.75, 3.05) is 7.05 Å². The lowest BCUT2D eigenvalue weighted by atomic mass is 10.2. The van der Waals surface area contributed by atoms with Crippen molar-refractivity contribution in [2.45, 2.75) is 19.5 Å². The number of nitrogens with zero attached hydrogens (tertiary/aromatic N) is 4. The van der Waals surface area contributed by atoms with Gasteiger partial charge in [-0.2, -0.15) is 16.4 Å². The van der Waals surface area contributed by atoms with Crippen LogP contribution in [-0.4, -0.2) is 32.6 Å². The van der Waals surface area contributed by atoms with Crippen molar-refractivity contribution in [3.05, 3.63) is 35.0 Å². The molecule has 0 aromatic carbocycles. The Kier molecular flexibility index (Phi) is 3.53. The van der Waals surface area contributed by atoms with E-state index in [-0.39, 0.29) is 11.9 Å². The van der Waals surface area contributed by atoms with Crippen LogP contribution in [0.3, 0.4) is 0 Å². The van der Waals surface area contributed by atoms with Gasteiger partial charge in [0, 0.05) is 13.6 Å². The molecule has 0 saturated heterocycles. The third-order valence-corrected chi connectivity index (χ3v) is 3.30. The van der Waals surface area contributed by atoms with E-state index in [1.165, 1.54) is 6.33 Å². The predicted molar refractivity (Wildman–Crippen MR) is 65.5 cm³/mol. The molecule has 17 heavy (non-hydrogen) atoms. The van der Waals surface area contributed by atoms with Crippen molar-refractivity contribution in [1.29, 1.82) is 0 Å². The van der Waals surface area contributed by atoms with E-state index in [1.54, 1.807) is 34.3 Å². The quantitative estimate of drug-likeness (QED) is 0.827. The second kappa shape index (κ2) is 5.09. The molecule has 6 heteroatoms. The maximum atomic E-state index is 12.1. The molecule has 2 rings (SSSR count). The largest absolute Gasteiger partial charge is 0.340 e. The van der Waals surface area contributed by atoms with E-state index in [4.69, 9.17) is 0 Å². The molecule has 0 aliphatic carbocycles. The summed E-state index contributed by atoms with van der Waals surface area (Å²) in [5.74, 6) is 0.0294. The highest BCUT2D eigenvalue weighted by molar-refractivity contribution is 7.07. The first-order chi connectivity index (χ1) is 8.18. The van der Waals surface area contributed by atoms with Gasteiger partial charge in [-0.25, -0.2) is 9.67 Å². The number of thiophene rings is 1. The summed E-state index contributed by atoms with van der Waals surface area (Å²) in [4.78, 5) is 17.7. The summed E-state index contributed by atoms with van der Waals surface area (Å²) in [5.41, 5.74) is 1.15.